The quantitative estimate of drug-likeness (QED) is 0.399. The Bertz CT molecular complexity index is 500. The molecule has 0 saturated carbocycles. The van der Waals surface area contributed by atoms with Crippen LogP contribution in [-0.2, 0) is 10.1 Å². The van der Waals surface area contributed by atoms with Crippen LogP contribution in [0.2, 0.25) is 0 Å². The van der Waals surface area contributed by atoms with E-state index in [1.165, 1.54) is 0 Å². The summed E-state index contributed by atoms with van der Waals surface area (Å²) in [6.45, 7) is 0. The molecule has 0 radical (unpaired) electrons. The Morgan fingerprint density at radius 2 is 1.78 bits per heavy atom. The van der Waals surface area contributed by atoms with Gasteiger partial charge >= 0.3 is 103 Å². The smallest absolute Gasteiger partial charge is 0.744 e. The van der Waals surface area contributed by atoms with Gasteiger partial charge in [0, 0.05) is 5.56 Å². The van der Waals surface area contributed by atoms with Gasteiger partial charge in [0.15, 0.2) is 0 Å². The van der Waals surface area contributed by atoms with Crippen molar-refractivity contribution < 1.29 is 136 Å². The summed E-state index contributed by atoms with van der Waals surface area (Å²) >= 11 is 0. The monoisotopic (exact) mass is 326 g/mol. The summed E-state index contributed by atoms with van der Waals surface area (Å²) in [6.07, 6.45) is 0. The fourth-order valence-electron chi connectivity index (χ4n) is 1.00. The van der Waals surface area contributed by atoms with Gasteiger partial charge in [0.1, 0.15) is 15.9 Å². The first-order valence-corrected chi connectivity index (χ1v) is 5.12. The van der Waals surface area contributed by atoms with E-state index < -0.39 is 21.0 Å². The molecule has 0 saturated heterocycles. The molecule has 0 aliphatic carbocycles. The number of carboxylic acid groups (broad SMARTS) is 1. The molecule has 0 bridgehead atoms. The summed E-state index contributed by atoms with van der Waals surface area (Å²) in [5, 5.41) is 10.4. The van der Waals surface area contributed by atoms with E-state index in [0.29, 0.717) is 0 Å². The van der Waals surface area contributed by atoms with Crippen molar-refractivity contribution in [3.05, 3.63) is 23.8 Å². The third kappa shape index (κ3) is 6.88. The molecule has 0 heterocycles. The van der Waals surface area contributed by atoms with Gasteiger partial charge in [-0.2, -0.15) is 0 Å². The van der Waals surface area contributed by atoms with Crippen molar-refractivity contribution in [3.8, 4) is 5.75 Å². The molecule has 1 rings (SSSR count). The summed E-state index contributed by atoms with van der Waals surface area (Å²) in [5.41, 5.74) is -0.265. The molecule has 2 N–H and O–H groups in total. The van der Waals surface area contributed by atoms with Gasteiger partial charge in [-0.1, -0.05) is 6.07 Å². The number of hydrogen-bond donors (Lipinski definition) is 0. The molecular weight excluding hydrogens is 318 g/mol. The van der Waals surface area contributed by atoms with Crippen molar-refractivity contribution in [2.75, 3.05) is 7.11 Å². The van der Waals surface area contributed by atoms with E-state index in [0.717, 1.165) is 25.3 Å². The topological polar surface area (TPSA) is 138 Å². The molecule has 7 nitrogen and oxygen atoms in total. The Balaban J connectivity index is -0.000000750. The molecule has 0 fully saturated rings. The summed E-state index contributed by atoms with van der Waals surface area (Å²) in [6, 6.07) is 2.75. The molecule has 90 valence electrons. The second-order valence-electron chi connectivity index (χ2n) is 2.61. The fraction of sp³-hybridized carbons (Fsp3) is 0.125. The largest absolute Gasteiger partial charge is 1.00 e. The third-order valence-corrected chi connectivity index (χ3v) is 2.54. The van der Waals surface area contributed by atoms with Gasteiger partial charge in [-0.05, 0) is 12.1 Å². The molecule has 0 aromatic heterocycles. The van der Waals surface area contributed by atoms with Gasteiger partial charge in [-0.15, -0.1) is 0 Å². The first kappa shape index (κ1) is 24.6. The number of ether oxygens (including phenoxy) is 1. The molecule has 0 aliphatic rings. The van der Waals surface area contributed by atoms with Crippen LogP contribution < -0.4 is 113 Å². The summed E-state index contributed by atoms with van der Waals surface area (Å²) < 4.78 is 36.7. The fourth-order valence-corrected chi connectivity index (χ4v) is 1.62. The summed E-state index contributed by atoms with van der Waals surface area (Å²) in [5.74, 6) is -1.80. The zero-order chi connectivity index (χ0) is 11.6. The Morgan fingerprint density at radius 3 is 2.11 bits per heavy atom. The van der Waals surface area contributed by atoms with Crippen LogP contribution in [-0.4, -0.2) is 31.5 Å². The van der Waals surface area contributed by atoms with Gasteiger partial charge in [-0.25, -0.2) is 8.42 Å². The van der Waals surface area contributed by atoms with E-state index in [2.05, 4.69) is 4.74 Å². The molecule has 0 spiro atoms. The van der Waals surface area contributed by atoms with Crippen molar-refractivity contribution >= 4 is 16.1 Å². The van der Waals surface area contributed by atoms with E-state index in [9.17, 15) is 22.9 Å². The molecule has 0 amide bonds. The van der Waals surface area contributed by atoms with Gasteiger partial charge in [-0.3, -0.25) is 0 Å². The second kappa shape index (κ2) is 10.4. The average molecular weight is 326 g/mol. The van der Waals surface area contributed by atoms with Crippen LogP contribution in [0.4, 0.5) is 0 Å². The zero-order valence-electron chi connectivity index (χ0n) is 10.1. The number of carbonyl (C=O) groups excluding carboxylic acids is 1. The minimum Gasteiger partial charge on any atom is -0.744 e. The van der Waals surface area contributed by atoms with Crippen molar-refractivity contribution in [2.24, 2.45) is 0 Å². The summed E-state index contributed by atoms with van der Waals surface area (Å²) in [4.78, 5) is 9.83. The van der Waals surface area contributed by atoms with Crippen LogP contribution in [0.3, 0.4) is 0 Å². The van der Waals surface area contributed by atoms with Crippen LogP contribution >= 0.6 is 0 Å². The Morgan fingerprint density at radius 1 is 1.28 bits per heavy atom. The molecule has 1 aromatic carbocycles. The van der Waals surface area contributed by atoms with Crippen LogP contribution in [0.25, 0.3) is 0 Å². The Labute approximate surface area is 189 Å². The number of carboxylic acids is 1. The molecule has 1 aromatic rings. The number of hydrogen-bond acceptors (Lipinski definition) is 6. The Hall–Kier alpha value is 1.63. The van der Waals surface area contributed by atoms with E-state index in [-0.39, 0.29) is 120 Å². The minimum atomic E-state index is -4.68. The minimum absolute atomic E-state index is 0. The average Bonchev–Trinajstić information content (AvgIpc) is 2.15. The number of benzene rings is 1. The van der Waals surface area contributed by atoms with E-state index in [4.69, 9.17) is 0 Å². The predicted octanol–water partition coefficient (Wildman–Crippen LogP) is -7.85. The van der Waals surface area contributed by atoms with Crippen molar-refractivity contribution in [2.45, 2.75) is 4.90 Å². The van der Waals surface area contributed by atoms with Crippen LogP contribution in [0.1, 0.15) is 10.4 Å². The zero-order valence-corrected chi connectivity index (χ0v) is 17.2. The molecule has 18 heavy (non-hydrogen) atoms. The number of aromatic carboxylic acids is 1. The number of carbonyl (C=O) groups is 1. The third-order valence-electron chi connectivity index (χ3n) is 1.67. The maximum Gasteiger partial charge on any atom is 1.00 e. The first-order chi connectivity index (χ1) is 6.86. The molecule has 10 heteroatoms. The molecule has 0 aliphatic heterocycles. The Kier molecular flexibility index (Phi) is 14.2. The van der Waals surface area contributed by atoms with Crippen molar-refractivity contribution in [1.82, 2.24) is 0 Å². The molecular formula is C8H8K2O7S. The maximum absolute atomic E-state index is 10.7. The van der Waals surface area contributed by atoms with Gasteiger partial charge in [0.2, 0.25) is 0 Å². The van der Waals surface area contributed by atoms with Gasteiger partial charge < -0.3 is 24.7 Å². The van der Waals surface area contributed by atoms with Gasteiger partial charge in [0.05, 0.1) is 18.0 Å². The number of rotatable bonds is 3. The van der Waals surface area contributed by atoms with E-state index in [1.54, 1.807) is 0 Å². The van der Waals surface area contributed by atoms with Crippen molar-refractivity contribution in [1.29, 1.82) is 0 Å². The standard InChI is InChI=1S/C8H8O6S.2K.H2O/c1-14-6-4-5(8(9)10)2-3-7(6)15(11,12)13;;;/h2-4H,1H3,(H,9,10)(H,11,12,13);;;1H2/q;2*+1;/p-2. The molecule has 0 unspecified atom stereocenters. The van der Waals surface area contributed by atoms with E-state index >= 15 is 0 Å². The van der Waals surface area contributed by atoms with Crippen LogP contribution in [0.5, 0.6) is 5.75 Å². The van der Waals surface area contributed by atoms with Gasteiger partial charge in [0.25, 0.3) is 0 Å². The number of methoxy groups -OCH3 is 1. The summed E-state index contributed by atoms with van der Waals surface area (Å²) in [7, 11) is -3.55. The van der Waals surface area contributed by atoms with Crippen molar-refractivity contribution in [3.63, 3.8) is 0 Å². The van der Waals surface area contributed by atoms with Crippen LogP contribution in [0, 0.1) is 0 Å². The maximum atomic E-state index is 10.7. The van der Waals surface area contributed by atoms with Crippen LogP contribution in [0.15, 0.2) is 23.1 Å². The SMILES string of the molecule is COc1cc(C(=O)[O-])ccc1S(=O)(=O)[O-].O.[K+].[K+]. The second-order valence-corrected chi connectivity index (χ2v) is 3.96. The molecule has 0 atom stereocenters. The normalized spacial score (nSPS) is 9.22. The predicted molar refractivity (Wildman–Crippen MR) is 48.9 cm³/mol. The van der Waals surface area contributed by atoms with E-state index in [1.807, 2.05) is 0 Å². The first-order valence-electron chi connectivity index (χ1n) is 3.71.